The number of benzene rings is 2. The number of carbonyl (C=O) groups is 1. The lowest BCUT2D eigenvalue weighted by atomic mass is 10.2. The maximum absolute atomic E-state index is 12.0. The molecule has 0 fully saturated rings. The molecule has 0 aliphatic heterocycles. The Morgan fingerprint density at radius 3 is 2.83 bits per heavy atom. The maximum atomic E-state index is 12.0. The van der Waals surface area contributed by atoms with Crippen LogP contribution in [0.3, 0.4) is 0 Å². The van der Waals surface area contributed by atoms with Crippen LogP contribution in [0.15, 0.2) is 42.5 Å². The number of thiazole rings is 1. The molecule has 118 valence electrons. The number of hydrogen-bond acceptors (Lipinski definition) is 6. The summed E-state index contributed by atoms with van der Waals surface area (Å²) in [4.78, 5) is 26.5. The molecule has 0 aliphatic carbocycles. The molecule has 0 saturated carbocycles. The number of fused-ring (bicyclic) bond motifs is 1. The van der Waals surface area contributed by atoms with Crippen molar-refractivity contribution >= 4 is 44.1 Å². The predicted molar refractivity (Wildman–Crippen MR) is 90.1 cm³/mol. The Morgan fingerprint density at radius 1 is 1.25 bits per heavy atom. The standard InChI is InChI=1S/C15H9N5O3S/c16-8-9-2-1-3-10(6-9)17-14(21)19-15-18-12-5-4-11(20(22)23)7-13(12)24-15/h1-7H,(H2,17,18,19,21). The van der Waals surface area contributed by atoms with Gasteiger partial charge in [0.15, 0.2) is 5.13 Å². The number of aromatic nitrogens is 1. The van der Waals surface area contributed by atoms with Crippen molar-refractivity contribution in [1.29, 1.82) is 5.26 Å². The molecule has 0 saturated heterocycles. The first kappa shape index (κ1) is 15.4. The fourth-order valence-electron chi connectivity index (χ4n) is 2.01. The zero-order valence-electron chi connectivity index (χ0n) is 12.0. The van der Waals surface area contributed by atoms with Crippen LogP contribution < -0.4 is 10.6 Å². The third-order valence-corrected chi connectivity index (χ3v) is 3.99. The number of nitrogens with zero attached hydrogens (tertiary/aromatic N) is 3. The third-order valence-electron chi connectivity index (χ3n) is 3.05. The lowest BCUT2D eigenvalue weighted by Gasteiger charge is -2.05. The molecule has 1 heterocycles. The second-order valence-electron chi connectivity index (χ2n) is 4.70. The van der Waals surface area contributed by atoms with Crippen LogP contribution in [-0.2, 0) is 0 Å². The Hall–Kier alpha value is -3.51. The van der Waals surface area contributed by atoms with E-state index in [1.165, 1.54) is 18.2 Å². The Kier molecular flexibility index (Phi) is 4.05. The molecule has 9 heteroatoms. The maximum Gasteiger partial charge on any atom is 0.325 e. The number of amides is 2. The summed E-state index contributed by atoms with van der Waals surface area (Å²) >= 11 is 1.14. The first-order chi connectivity index (χ1) is 11.5. The number of rotatable bonds is 3. The Labute approximate surface area is 139 Å². The second-order valence-corrected chi connectivity index (χ2v) is 5.73. The van der Waals surface area contributed by atoms with Gasteiger partial charge in [-0.25, -0.2) is 9.78 Å². The van der Waals surface area contributed by atoms with Gasteiger partial charge in [-0.2, -0.15) is 5.26 Å². The topological polar surface area (TPSA) is 121 Å². The van der Waals surface area contributed by atoms with Gasteiger partial charge in [-0.3, -0.25) is 15.4 Å². The van der Waals surface area contributed by atoms with Crippen molar-refractivity contribution in [2.75, 3.05) is 10.6 Å². The number of carbonyl (C=O) groups excluding carboxylic acids is 1. The summed E-state index contributed by atoms with van der Waals surface area (Å²) in [7, 11) is 0. The summed E-state index contributed by atoms with van der Waals surface area (Å²) in [5, 5.41) is 25.1. The molecular weight excluding hydrogens is 330 g/mol. The van der Waals surface area contributed by atoms with Gasteiger partial charge >= 0.3 is 6.03 Å². The highest BCUT2D eigenvalue weighted by atomic mass is 32.1. The van der Waals surface area contributed by atoms with Crippen LogP contribution in [0, 0.1) is 21.4 Å². The van der Waals surface area contributed by atoms with E-state index in [9.17, 15) is 14.9 Å². The van der Waals surface area contributed by atoms with Crippen molar-refractivity contribution in [2.24, 2.45) is 0 Å². The van der Waals surface area contributed by atoms with E-state index < -0.39 is 11.0 Å². The monoisotopic (exact) mass is 339 g/mol. The van der Waals surface area contributed by atoms with Gasteiger partial charge in [0, 0.05) is 17.8 Å². The number of nitriles is 1. The summed E-state index contributed by atoms with van der Waals surface area (Å²) in [5.41, 5.74) is 1.44. The van der Waals surface area contributed by atoms with Crippen molar-refractivity contribution in [3.63, 3.8) is 0 Å². The number of nitrogens with one attached hydrogen (secondary N) is 2. The predicted octanol–water partition coefficient (Wildman–Crippen LogP) is 3.72. The average Bonchev–Trinajstić information content (AvgIpc) is 2.95. The number of non-ortho nitro benzene ring substituents is 1. The van der Waals surface area contributed by atoms with Crippen LogP contribution in [0.4, 0.5) is 21.3 Å². The van der Waals surface area contributed by atoms with Gasteiger partial charge in [0.1, 0.15) is 0 Å². The molecule has 2 aromatic carbocycles. The summed E-state index contributed by atoms with van der Waals surface area (Å²) in [6.07, 6.45) is 0. The van der Waals surface area contributed by atoms with Crippen LogP contribution in [0.1, 0.15) is 5.56 Å². The number of anilines is 2. The molecule has 0 radical (unpaired) electrons. The largest absolute Gasteiger partial charge is 0.325 e. The molecule has 1 aromatic heterocycles. The first-order valence-electron chi connectivity index (χ1n) is 6.68. The van der Waals surface area contributed by atoms with Gasteiger partial charge in [0.05, 0.1) is 26.8 Å². The zero-order chi connectivity index (χ0) is 17.1. The first-order valence-corrected chi connectivity index (χ1v) is 7.50. The minimum Gasteiger partial charge on any atom is -0.308 e. The highest BCUT2D eigenvalue weighted by molar-refractivity contribution is 7.22. The Morgan fingerprint density at radius 2 is 2.08 bits per heavy atom. The van der Waals surface area contributed by atoms with E-state index in [-0.39, 0.29) is 5.69 Å². The zero-order valence-corrected chi connectivity index (χ0v) is 12.8. The highest BCUT2D eigenvalue weighted by Crippen LogP contribution is 2.29. The van der Waals surface area contributed by atoms with Crippen molar-refractivity contribution in [1.82, 2.24) is 4.98 Å². The quantitative estimate of drug-likeness (QED) is 0.556. The number of hydrogen-bond donors (Lipinski definition) is 2. The Balaban J connectivity index is 1.75. The van der Waals surface area contributed by atoms with Gasteiger partial charge in [-0.15, -0.1) is 0 Å². The summed E-state index contributed by atoms with van der Waals surface area (Å²) in [5.74, 6) is 0. The van der Waals surface area contributed by atoms with Crippen molar-refractivity contribution in [3.05, 3.63) is 58.1 Å². The molecule has 3 aromatic rings. The fraction of sp³-hybridized carbons (Fsp3) is 0. The van der Waals surface area contributed by atoms with Crippen molar-refractivity contribution in [2.45, 2.75) is 0 Å². The van der Waals surface area contributed by atoms with Crippen molar-refractivity contribution in [3.8, 4) is 6.07 Å². The molecule has 0 spiro atoms. The Bertz CT molecular complexity index is 992. The van der Waals surface area contributed by atoms with Crippen LogP contribution in [0.5, 0.6) is 0 Å². The number of nitro groups is 1. The van der Waals surface area contributed by atoms with E-state index in [0.717, 1.165) is 11.3 Å². The SMILES string of the molecule is N#Cc1cccc(NC(=O)Nc2nc3ccc([N+](=O)[O-])cc3s2)c1. The van der Waals surface area contributed by atoms with Gasteiger partial charge in [-0.05, 0) is 24.3 Å². The van der Waals surface area contributed by atoms with Crippen LogP contribution in [-0.4, -0.2) is 15.9 Å². The summed E-state index contributed by atoms with van der Waals surface area (Å²) in [6, 6.07) is 12.3. The minimum atomic E-state index is -0.515. The smallest absolute Gasteiger partial charge is 0.308 e. The molecule has 0 aliphatic rings. The van der Waals surface area contributed by atoms with E-state index in [1.54, 1.807) is 24.3 Å². The third kappa shape index (κ3) is 3.29. The van der Waals surface area contributed by atoms with Gasteiger partial charge < -0.3 is 5.32 Å². The molecule has 24 heavy (non-hydrogen) atoms. The van der Waals surface area contributed by atoms with E-state index in [4.69, 9.17) is 5.26 Å². The van der Waals surface area contributed by atoms with Crippen LogP contribution in [0.2, 0.25) is 0 Å². The van der Waals surface area contributed by atoms with Crippen LogP contribution in [0.25, 0.3) is 10.2 Å². The number of urea groups is 1. The summed E-state index contributed by atoms with van der Waals surface area (Å²) < 4.78 is 0.603. The van der Waals surface area contributed by atoms with Gasteiger partial charge in [-0.1, -0.05) is 17.4 Å². The van der Waals surface area contributed by atoms with E-state index in [1.807, 2.05) is 6.07 Å². The van der Waals surface area contributed by atoms with E-state index in [0.29, 0.717) is 26.6 Å². The molecule has 0 bridgehead atoms. The van der Waals surface area contributed by atoms with Crippen molar-refractivity contribution < 1.29 is 9.72 Å². The van der Waals surface area contributed by atoms with E-state index in [2.05, 4.69) is 15.6 Å². The summed E-state index contributed by atoms with van der Waals surface area (Å²) in [6.45, 7) is 0. The molecule has 2 amide bonds. The molecule has 3 rings (SSSR count). The lowest BCUT2D eigenvalue weighted by Crippen LogP contribution is -2.19. The number of nitro benzene ring substituents is 1. The highest BCUT2D eigenvalue weighted by Gasteiger charge is 2.12. The second kappa shape index (κ2) is 6.31. The molecule has 0 unspecified atom stereocenters. The molecular formula is C15H9N5O3S. The average molecular weight is 339 g/mol. The van der Waals surface area contributed by atoms with Gasteiger partial charge in [0.2, 0.25) is 0 Å². The molecule has 2 N–H and O–H groups in total. The van der Waals surface area contributed by atoms with E-state index >= 15 is 0 Å². The molecule has 8 nitrogen and oxygen atoms in total. The lowest BCUT2D eigenvalue weighted by molar-refractivity contribution is -0.384. The minimum absolute atomic E-state index is 0.0320. The fourth-order valence-corrected chi connectivity index (χ4v) is 2.90. The van der Waals surface area contributed by atoms with Gasteiger partial charge in [0.25, 0.3) is 5.69 Å². The molecule has 0 atom stereocenters. The normalized spacial score (nSPS) is 10.1. The van der Waals surface area contributed by atoms with Crippen LogP contribution >= 0.6 is 11.3 Å².